The van der Waals surface area contributed by atoms with Crippen LogP contribution in [-0.4, -0.2) is 38.8 Å². The number of morpholine rings is 1. The number of fused-ring (bicyclic) bond motifs is 2. The number of hydrogen-bond donors (Lipinski definition) is 2. The minimum Gasteiger partial charge on any atom is -0.370 e. The summed E-state index contributed by atoms with van der Waals surface area (Å²) < 4.78 is 5.61. The number of rotatable bonds is 6. The highest BCUT2D eigenvalue weighted by atomic mass is 16.5. The molecule has 1 fully saturated rings. The molecular formula is C28H29N2O2+. The van der Waals surface area contributed by atoms with Crippen molar-refractivity contribution in [1.82, 2.24) is 5.32 Å². The Bertz CT molecular complexity index is 1220. The lowest BCUT2D eigenvalue weighted by Gasteiger charge is -2.32. The lowest BCUT2D eigenvalue weighted by molar-refractivity contribution is -0.937. The minimum absolute atomic E-state index is 0.0687. The number of carbonyl (C=O) groups is 1. The normalized spacial score (nSPS) is 15.6. The van der Waals surface area contributed by atoms with Crippen LogP contribution in [0.5, 0.6) is 0 Å². The molecule has 0 spiro atoms. The maximum atomic E-state index is 13.0. The molecule has 1 saturated heterocycles. The van der Waals surface area contributed by atoms with E-state index in [2.05, 4.69) is 72.0 Å². The van der Waals surface area contributed by atoms with Gasteiger partial charge in [-0.1, -0.05) is 84.9 Å². The second kappa shape index (κ2) is 9.51. The molecule has 0 unspecified atom stereocenters. The van der Waals surface area contributed by atoms with Gasteiger partial charge in [0, 0.05) is 5.56 Å². The maximum Gasteiger partial charge on any atom is 0.224 e. The first-order valence-corrected chi connectivity index (χ1v) is 11.4. The van der Waals surface area contributed by atoms with Crippen molar-refractivity contribution in [3.8, 4) is 0 Å². The van der Waals surface area contributed by atoms with Crippen molar-refractivity contribution in [3.05, 3.63) is 96.1 Å². The van der Waals surface area contributed by atoms with Gasteiger partial charge in [-0.2, -0.15) is 0 Å². The Kier molecular flexibility index (Phi) is 6.15. The highest BCUT2D eigenvalue weighted by Crippen LogP contribution is 2.23. The highest BCUT2D eigenvalue weighted by Gasteiger charge is 2.28. The van der Waals surface area contributed by atoms with E-state index in [-0.39, 0.29) is 11.9 Å². The molecule has 1 heterocycles. The van der Waals surface area contributed by atoms with Gasteiger partial charge in [-0.3, -0.25) is 4.79 Å². The van der Waals surface area contributed by atoms with Crippen LogP contribution in [0.1, 0.15) is 17.2 Å². The van der Waals surface area contributed by atoms with Crippen molar-refractivity contribution in [2.24, 2.45) is 0 Å². The van der Waals surface area contributed by atoms with E-state index in [1.54, 1.807) is 0 Å². The van der Waals surface area contributed by atoms with E-state index in [0.29, 0.717) is 13.0 Å². The number of hydrogen-bond acceptors (Lipinski definition) is 2. The monoisotopic (exact) mass is 425 g/mol. The van der Waals surface area contributed by atoms with Gasteiger partial charge in [0.1, 0.15) is 19.1 Å². The zero-order valence-electron chi connectivity index (χ0n) is 18.2. The summed E-state index contributed by atoms with van der Waals surface area (Å²) in [6, 6.07) is 29.6. The van der Waals surface area contributed by atoms with Crippen LogP contribution < -0.4 is 10.2 Å². The van der Waals surface area contributed by atoms with Gasteiger partial charge in [0.2, 0.25) is 5.91 Å². The molecule has 0 radical (unpaired) electrons. The van der Waals surface area contributed by atoms with Crippen LogP contribution in [-0.2, 0) is 16.0 Å². The molecular weight excluding hydrogens is 396 g/mol. The molecule has 1 aliphatic heterocycles. The molecule has 162 valence electrons. The number of nitrogens with one attached hydrogen (secondary N) is 2. The third-order valence-corrected chi connectivity index (χ3v) is 6.56. The van der Waals surface area contributed by atoms with Crippen molar-refractivity contribution >= 4 is 27.5 Å². The van der Waals surface area contributed by atoms with Crippen LogP contribution in [0, 0.1) is 0 Å². The summed E-state index contributed by atoms with van der Waals surface area (Å²) in [5.74, 6) is 0.0687. The molecule has 2 N–H and O–H groups in total. The van der Waals surface area contributed by atoms with Gasteiger partial charge in [-0.05, 0) is 27.1 Å². The first-order valence-electron chi connectivity index (χ1n) is 11.4. The van der Waals surface area contributed by atoms with Gasteiger partial charge in [0.05, 0.1) is 26.2 Å². The Hall–Kier alpha value is -3.21. The lowest BCUT2D eigenvalue weighted by Crippen LogP contribution is -3.15. The SMILES string of the molecule is O=C(Cc1cccc2ccccc12)NC[C@@H](c1cccc2ccccc12)[NH+]1CCOCC1. The minimum atomic E-state index is 0.0687. The Morgan fingerprint density at radius 3 is 2.22 bits per heavy atom. The fourth-order valence-electron chi connectivity index (χ4n) is 4.91. The van der Waals surface area contributed by atoms with E-state index in [9.17, 15) is 4.79 Å². The molecule has 1 amide bonds. The van der Waals surface area contributed by atoms with Gasteiger partial charge in [-0.15, -0.1) is 0 Å². The zero-order chi connectivity index (χ0) is 21.8. The topological polar surface area (TPSA) is 42.8 Å². The van der Waals surface area contributed by atoms with Gasteiger partial charge in [-0.25, -0.2) is 0 Å². The Balaban J connectivity index is 1.37. The summed E-state index contributed by atoms with van der Waals surface area (Å²) in [6.45, 7) is 4.05. The number of quaternary nitrogens is 1. The van der Waals surface area contributed by atoms with Crippen molar-refractivity contribution < 1.29 is 14.4 Å². The average molecular weight is 426 g/mol. The van der Waals surface area contributed by atoms with Crippen LogP contribution in [0.25, 0.3) is 21.5 Å². The third-order valence-electron chi connectivity index (χ3n) is 6.56. The molecule has 4 aromatic rings. The molecule has 5 rings (SSSR count). The number of amides is 1. The van der Waals surface area contributed by atoms with Gasteiger partial charge in [0.25, 0.3) is 0 Å². The molecule has 1 aliphatic rings. The molecule has 4 heteroatoms. The molecule has 0 aliphatic carbocycles. The second-order valence-corrected chi connectivity index (χ2v) is 8.51. The Morgan fingerprint density at radius 1 is 0.812 bits per heavy atom. The predicted octanol–water partition coefficient (Wildman–Crippen LogP) is 3.31. The van der Waals surface area contributed by atoms with Crippen LogP contribution in [0.2, 0.25) is 0 Å². The van der Waals surface area contributed by atoms with E-state index in [1.807, 2.05) is 18.2 Å². The largest absolute Gasteiger partial charge is 0.370 e. The second-order valence-electron chi connectivity index (χ2n) is 8.51. The van der Waals surface area contributed by atoms with E-state index >= 15 is 0 Å². The van der Waals surface area contributed by atoms with Crippen LogP contribution in [0.4, 0.5) is 0 Å². The standard InChI is InChI=1S/C28H28N2O2/c31-28(19-23-11-5-9-21-7-1-3-12-24(21)23)29-20-27(30-15-17-32-18-16-30)26-14-6-10-22-8-2-4-13-25(22)26/h1-14,27H,15-20H2,(H,29,31)/p+1/t27-/m0/s1. The molecule has 0 aromatic heterocycles. The third kappa shape index (κ3) is 4.38. The fraction of sp³-hybridized carbons (Fsp3) is 0.250. The molecule has 0 saturated carbocycles. The highest BCUT2D eigenvalue weighted by molar-refractivity contribution is 5.90. The molecule has 32 heavy (non-hydrogen) atoms. The smallest absolute Gasteiger partial charge is 0.224 e. The zero-order valence-corrected chi connectivity index (χ0v) is 18.2. The Labute approximate surface area is 188 Å². The van der Waals surface area contributed by atoms with Crippen LogP contribution in [0.3, 0.4) is 0 Å². The number of carbonyl (C=O) groups excluding carboxylic acids is 1. The Morgan fingerprint density at radius 2 is 1.44 bits per heavy atom. The number of ether oxygens (including phenoxy) is 1. The predicted molar refractivity (Wildman–Crippen MR) is 129 cm³/mol. The fourth-order valence-corrected chi connectivity index (χ4v) is 4.91. The summed E-state index contributed by atoms with van der Waals surface area (Å²) in [4.78, 5) is 14.5. The summed E-state index contributed by atoms with van der Waals surface area (Å²) in [5.41, 5.74) is 2.37. The summed E-state index contributed by atoms with van der Waals surface area (Å²) >= 11 is 0. The first-order chi connectivity index (χ1) is 15.8. The van der Waals surface area contributed by atoms with Crippen molar-refractivity contribution in [2.75, 3.05) is 32.8 Å². The van der Waals surface area contributed by atoms with Crippen LogP contribution in [0.15, 0.2) is 84.9 Å². The molecule has 1 atom stereocenters. The van der Waals surface area contributed by atoms with Crippen LogP contribution >= 0.6 is 0 Å². The van der Waals surface area contributed by atoms with E-state index in [4.69, 9.17) is 4.74 Å². The summed E-state index contributed by atoms with van der Waals surface area (Å²) in [6.07, 6.45) is 0.391. The number of benzene rings is 4. The average Bonchev–Trinajstić information content (AvgIpc) is 2.85. The van der Waals surface area contributed by atoms with Gasteiger partial charge < -0.3 is 15.0 Å². The van der Waals surface area contributed by atoms with E-state index in [1.165, 1.54) is 26.6 Å². The van der Waals surface area contributed by atoms with E-state index in [0.717, 1.165) is 37.3 Å². The van der Waals surface area contributed by atoms with Crippen molar-refractivity contribution in [3.63, 3.8) is 0 Å². The summed E-state index contributed by atoms with van der Waals surface area (Å²) in [7, 11) is 0. The van der Waals surface area contributed by atoms with Crippen molar-refractivity contribution in [1.29, 1.82) is 0 Å². The van der Waals surface area contributed by atoms with E-state index < -0.39 is 0 Å². The first kappa shape index (κ1) is 20.7. The quantitative estimate of drug-likeness (QED) is 0.498. The summed E-state index contributed by atoms with van der Waals surface area (Å²) in [5, 5.41) is 8.08. The molecule has 0 bridgehead atoms. The van der Waals surface area contributed by atoms with Crippen molar-refractivity contribution in [2.45, 2.75) is 12.5 Å². The van der Waals surface area contributed by atoms with Gasteiger partial charge in [0.15, 0.2) is 0 Å². The lowest BCUT2D eigenvalue weighted by atomic mass is 9.97. The molecule has 4 aromatic carbocycles. The molecule has 4 nitrogen and oxygen atoms in total. The maximum absolute atomic E-state index is 13.0. The van der Waals surface area contributed by atoms with Gasteiger partial charge >= 0.3 is 0 Å².